The maximum absolute atomic E-state index is 12.2. The molecule has 1 aromatic carbocycles. The van der Waals surface area contributed by atoms with E-state index in [1.807, 2.05) is 13.0 Å². The van der Waals surface area contributed by atoms with E-state index in [1.54, 1.807) is 18.2 Å². The van der Waals surface area contributed by atoms with Crippen molar-refractivity contribution in [2.24, 2.45) is 5.41 Å². The summed E-state index contributed by atoms with van der Waals surface area (Å²) >= 11 is 0. The van der Waals surface area contributed by atoms with E-state index in [2.05, 4.69) is 6.07 Å². The molecule has 4 nitrogen and oxygen atoms in total. The Morgan fingerprint density at radius 1 is 1.53 bits per heavy atom. The Labute approximate surface area is 110 Å². The Morgan fingerprint density at radius 3 is 3.05 bits per heavy atom. The van der Waals surface area contributed by atoms with Gasteiger partial charge in [0.25, 0.3) is 0 Å². The van der Waals surface area contributed by atoms with Crippen molar-refractivity contribution in [3.63, 3.8) is 0 Å². The summed E-state index contributed by atoms with van der Waals surface area (Å²) in [6.07, 6.45) is 2.84. The number of ether oxygens (including phenoxy) is 1. The first-order valence-electron chi connectivity index (χ1n) is 6.19. The van der Waals surface area contributed by atoms with Gasteiger partial charge in [-0.05, 0) is 31.9 Å². The van der Waals surface area contributed by atoms with Crippen LogP contribution in [-0.2, 0) is 4.79 Å². The number of nitriles is 1. The number of phenols is 1. The number of carbonyl (C=O) groups is 1. The van der Waals surface area contributed by atoms with Crippen molar-refractivity contribution in [1.82, 2.24) is 0 Å². The fourth-order valence-electron chi connectivity index (χ4n) is 2.96. The van der Waals surface area contributed by atoms with Gasteiger partial charge < -0.3 is 9.84 Å². The van der Waals surface area contributed by atoms with E-state index >= 15 is 0 Å². The summed E-state index contributed by atoms with van der Waals surface area (Å²) in [6.45, 7) is 1.97. The number of esters is 1. The van der Waals surface area contributed by atoms with E-state index in [-0.39, 0.29) is 11.7 Å². The van der Waals surface area contributed by atoms with Gasteiger partial charge in [-0.2, -0.15) is 5.26 Å². The van der Waals surface area contributed by atoms with E-state index in [1.165, 1.54) is 0 Å². The molecule has 0 saturated heterocycles. The van der Waals surface area contributed by atoms with E-state index in [4.69, 9.17) is 4.74 Å². The van der Waals surface area contributed by atoms with Crippen molar-refractivity contribution < 1.29 is 14.6 Å². The largest absolute Gasteiger partial charge is 0.508 e. The molecule has 1 aliphatic carbocycles. The maximum atomic E-state index is 12.2. The van der Waals surface area contributed by atoms with Crippen LogP contribution in [0.4, 0.5) is 0 Å². The molecule has 0 bridgehead atoms. The molecule has 0 saturated carbocycles. The second-order valence-corrected chi connectivity index (χ2v) is 5.17. The van der Waals surface area contributed by atoms with Crippen LogP contribution in [0.3, 0.4) is 0 Å². The minimum atomic E-state index is -1.20. The predicted molar refractivity (Wildman–Crippen MR) is 67.5 cm³/mol. The summed E-state index contributed by atoms with van der Waals surface area (Å²) in [4.78, 5) is 12.2. The molecule has 3 rings (SSSR count). The molecule has 0 spiro atoms. The second-order valence-electron chi connectivity index (χ2n) is 5.17. The van der Waals surface area contributed by atoms with Crippen molar-refractivity contribution in [3.05, 3.63) is 35.4 Å². The van der Waals surface area contributed by atoms with Crippen LogP contribution in [-0.4, -0.2) is 11.1 Å². The Morgan fingerprint density at radius 2 is 2.32 bits per heavy atom. The van der Waals surface area contributed by atoms with Gasteiger partial charge >= 0.3 is 5.97 Å². The molecule has 0 fully saturated rings. The quantitative estimate of drug-likeness (QED) is 0.439. The fourth-order valence-corrected chi connectivity index (χ4v) is 2.96. The topological polar surface area (TPSA) is 70.3 Å². The highest BCUT2D eigenvalue weighted by atomic mass is 16.5. The minimum Gasteiger partial charge on any atom is -0.508 e. The van der Waals surface area contributed by atoms with Crippen LogP contribution < -0.4 is 4.74 Å². The zero-order valence-corrected chi connectivity index (χ0v) is 10.5. The van der Waals surface area contributed by atoms with E-state index in [0.29, 0.717) is 24.2 Å². The van der Waals surface area contributed by atoms with E-state index in [9.17, 15) is 15.2 Å². The molecule has 19 heavy (non-hydrogen) atoms. The lowest BCUT2D eigenvalue weighted by atomic mass is 9.64. The van der Waals surface area contributed by atoms with Gasteiger partial charge in [0.1, 0.15) is 11.5 Å². The zero-order chi connectivity index (χ0) is 13.6. The number of nitrogens with zero attached hydrogens (tertiary/aromatic N) is 1. The molecule has 1 aliphatic heterocycles. The van der Waals surface area contributed by atoms with Gasteiger partial charge in [0.2, 0.25) is 0 Å². The van der Waals surface area contributed by atoms with Gasteiger partial charge in [-0.25, -0.2) is 4.79 Å². The maximum Gasteiger partial charge on any atom is 0.332 e. The molecule has 2 atom stereocenters. The van der Waals surface area contributed by atoms with Crippen molar-refractivity contribution in [3.8, 4) is 17.6 Å². The third-order valence-corrected chi connectivity index (χ3v) is 4.05. The summed E-state index contributed by atoms with van der Waals surface area (Å²) < 4.78 is 5.26. The van der Waals surface area contributed by atoms with Crippen molar-refractivity contribution in [2.45, 2.75) is 25.7 Å². The highest BCUT2D eigenvalue weighted by Crippen LogP contribution is 2.55. The third-order valence-electron chi connectivity index (χ3n) is 4.05. The summed E-state index contributed by atoms with van der Waals surface area (Å²) in [5.74, 6) is -0.387. The van der Waals surface area contributed by atoms with Crippen LogP contribution in [0.5, 0.6) is 11.5 Å². The standard InChI is InChI=1S/C15H13NO3/c1-9-5-6-15(8-16)10(7-9)13-11(17)3-2-4-12(13)19-14(15)18/h2-5,10,17H,6-7H2,1H3/t10-,15+/m0/s1. The number of hydrogen-bond acceptors (Lipinski definition) is 4. The van der Waals surface area contributed by atoms with Crippen LogP contribution >= 0.6 is 0 Å². The van der Waals surface area contributed by atoms with Gasteiger partial charge in [-0.1, -0.05) is 17.7 Å². The highest BCUT2D eigenvalue weighted by molar-refractivity contribution is 5.87. The number of fused-ring (bicyclic) bond motifs is 3. The smallest absolute Gasteiger partial charge is 0.332 e. The monoisotopic (exact) mass is 255 g/mol. The van der Waals surface area contributed by atoms with Crippen LogP contribution in [0.1, 0.15) is 31.2 Å². The Bertz CT molecular complexity index is 641. The number of rotatable bonds is 0. The van der Waals surface area contributed by atoms with E-state index < -0.39 is 11.4 Å². The molecule has 4 heteroatoms. The first-order valence-corrected chi connectivity index (χ1v) is 6.19. The molecule has 1 aromatic rings. The second kappa shape index (κ2) is 3.86. The molecule has 1 heterocycles. The summed E-state index contributed by atoms with van der Waals surface area (Å²) in [5.41, 5.74) is 0.501. The third kappa shape index (κ3) is 1.48. The molecular weight excluding hydrogens is 242 g/mol. The van der Waals surface area contributed by atoms with Crippen LogP contribution in [0.15, 0.2) is 29.8 Å². The lowest BCUT2D eigenvalue weighted by molar-refractivity contribution is -0.145. The molecule has 0 unspecified atom stereocenters. The number of benzene rings is 1. The van der Waals surface area contributed by atoms with Crippen molar-refractivity contribution >= 4 is 5.97 Å². The van der Waals surface area contributed by atoms with Gasteiger partial charge in [0.15, 0.2) is 5.41 Å². The van der Waals surface area contributed by atoms with Crippen LogP contribution in [0.2, 0.25) is 0 Å². The SMILES string of the molecule is CC1=CC[C@]2(C#N)C(=O)Oc3cccc(O)c3[C@@H]2C1. The lowest BCUT2D eigenvalue weighted by Gasteiger charge is -2.40. The molecule has 0 aromatic heterocycles. The summed E-state index contributed by atoms with van der Waals surface area (Å²) in [6, 6.07) is 6.98. The average molecular weight is 255 g/mol. The van der Waals surface area contributed by atoms with Crippen molar-refractivity contribution in [2.75, 3.05) is 0 Å². The zero-order valence-electron chi connectivity index (χ0n) is 10.5. The molecular formula is C15H13NO3. The molecule has 2 aliphatic rings. The summed E-state index contributed by atoms with van der Waals surface area (Å²) in [5, 5.41) is 19.5. The normalized spacial score (nSPS) is 28.5. The predicted octanol–water partition coefficient (Wildman–Crippen LogP) is 2.64. The average Bonchev–Trinajstić information content (AvgIpc) is 2.39. The Balaban J connectivity index is 2.25. The fraction of sp³-hybridized carbons (Fsp3) is 0.333. The Hall–Kier alpha value is -2.28. The minimum absolute atomic E-state index is 0.0873. The molecule has 0 amide bonds. The van der Waals surface area contributed by atoms with Gasteiger partial charge in [-0.3, -0.25) is 0 Å². The van der Waals surface area contributed by atoms with Crippen molar-refractivity contribution in [1.29, 1.82) is 5.26 Å². The van der Waals surface area contributed by atoms with Gasteiger partial charge in [0, 0.05) is 11.5 Å². The van der Waals surface area contributed by atoms with Crippen LogP contribution in [0.25, 0.3) is 0 Å². The lowest BCUT2D eigenvalue weighted by Crippen LogP contribution is -2.44. The number of phenolic OH excluding ortho intramolecular Hbond substituents is 1. The highest BCUT2D eigenvalue weighted by Gasteiger charge is 2.54. The van der Waals surface area contributed by atoms with E-state index in [0.717, 1.165) is 5.57 Å². The van der Waals surface area contributed by atoms with Gasteiger partial charge in [0.05, 0.1) is 6.07 Å². The molecule has 1 N–H and O–H groups in total. The number of hydrogen-bond donors (Lipinski definition) is 1. The van der Waals surface area contributed by atoms with Gasteiger partial charge in [-0.15, -0.1) is 0 Å². The number of carbonyl (C=O) groups excluding carboxylic acids is 1. The number of aromatic hydroxyl groups is 1. The summed E-state index contributed by atoms with van der Waals surface area (Å²) in [7, 11) is 0. The molecule has 96 valence electrons. The van der Waals surface area contributed by atoms with Crippen LogP contribution in [0, 0.1) is 16.7 Å². The Kier molecular flexibility index (Phi) is 2.39. The number of allylic oxidation sites excluding steroid dienone is 2. The molecule has 0 radical (unpaired) electrons. The first-order chi connectivity index (χ1) is 9.08. The first kappa shape index (κ1) is 11.8.